The van der Waals surface area contributed by atoms with E-state index in [0.29, 0.717) is 6.42 Å². The maximum absolute atomic E-state index is 12.1. The number of carbonyl (C=O) groups excluding carboxylic acids is 1. The van der Waals surface area contributed by atoms with Gasteiger partial charge < -0.3 is 10.2 Å². The first-order valence-electron chi connectivity index (χ1n) is 7.63. The molecule has 0 spiro atoms. The van der Waals surface area contributed by atoms with Crippen LogP contribution in [0.5, 0.6) is 0 Å². The van der Waals surface area contributed by atoms with E-state index in [1.165, 1.54) is 5.56 Å². The zero-order chi connectivity index (χ0) is 15.5. The Morgan fingerprint density at radius 2 is 1.95 bits per heavy atom. The number of nitrogens with zero attached hydrogens (tertiary/aromatic N) is 2. The molecule has 22 heavy (non-hydrogen) atoms. The van der Waals surface area contributed by atoms with E-state index in [1.807, 2.05) is 55.3 Å². The van der Waals surface area contributed by atoms with Crippen molar-refractivity contribution in [1.82, 2.24) is 9.88 Å². The zero-order valence-electron chi connectivity index (χ0n) is 13.0. The van der Waals surface area contributed by atoms with Gasteiger partial charge in [0.1, 0.15) is 5.82 Å². The summed E-state index contributed by atoms with van der Waals surface area (Å²) in [5.41, 5.74) is 2.18. The predicted molar refractivity (Wildman–Crippen MR) is 87.5 cm³/mol. The Balaban J connectivity index is 1.75. The number of aromatic nitrogens is 1. The van der Waals surface area contributed by atoms with Gasteiger partial charge in [0.05, 0.1) is 6.04 Å². The van der Waals surface area contributed by atoms with Gasteiger partial charge in [-0.1, -0.05) is 36.4 Å². The first-order chi connectivity index (χ1) is 10.6. The summed E-state index contributed by atoms with van der Waals surface area (Å²) in [6.07, 6.45) is 0.578. The molecule has 114 valence electrons. The van der Waals surface area contributed by atoms with Crippen LogP contribution in [-0.4, -0.2) is 29.4 Å². The lowest BCUT2D eigenvalue weighted by Gasteiger charge is -2.25. The fourth-order valence-electron chi connectivity index (χ4n) is 3.16. The van der Waals surface area contributed by atoms with Crippen molar-refractivity contribution in [3.05, 3.63) is 59.8 Å². The number of amides is 1. The van der Waals surface area contributed by atoms with E-state index in [4.69, 9.17) is 0 Å². The Labute approximate surface area is 131 Å². The van der Waals surface area contributed by atoms with Crippen LogP contribution in [0.3, 0.4) is 0 Å². The van der Waals surface area contributed by atoms with Crippen molar-refractivity contribution in [2.45, 2.75) is 19.4 Å². The molecule has 4 nitrogen and oxygen atoms in total. The molecular weight excluding hydrogens is 274 g/mol. The van der Waals surface area contributed by atoms with Gasteiger partial charge in [-0.2, -0.15) is 0 Å². The molecule has 1 saturated heterocycles. The van der Waals surface area contributed by atoms with E-state index in [9.17, 15) is 4.79 Å². The third-order valence-electron chi connectivity index (χ3n) is 4.27. The van der Waals surface area contributed by atoms with Crippen LogP contribution < -0.4 is 5.32 Å². The summed E-state index contributed by atoms with van der Waals surface area (Å²) in [4.78, 5) is 18.4. The van der Waals surface area contributed by atoms with Crippen molar-refractivity contribution in [3.8, 4) is 0 Å². The minimum absolute atomic E-state index is 0.131. The molecule has 2 aromatic rings. The number of rotatable bonds is 4. The van der Waals surface area contributed by atoms with Gasteiger partial charge in [-0.25, -0.2) is 4.98 Å². The highest BCUT2D eigenvalue weighted by atomic mass is 16.2. The number of nitrogens with one attached hydrogen (secondary N) is 1. The zero-order valence-corrected chi connectivity index (χ0v) is 13.0. The number of likely N-dealkylation sites (tertiary alicyclic amines) is 1. The molecule has 0 bridgehead atoms. The van der Waals surface area contributed by atoms with Gasteiger partial charge in [-0.05, 0) is 24.6 Å². The van der Waals surface area contributed by atoms with Crippen LogP contribution in [0.1, 0.15) is 23.7 Å². The second-order valence-corrected chi connectivity index (χ2v) is 5.87. The summed E-state index contributed by atoms with van der Waals surface area (Å²) in [6.45, 7) is 2.72. The van der Waals surface area contributed by atoms with Crippen LogP contribution in [0.25, 0.3) is 0 Å². The topological polar surface area (TPSA) is 45.2 Å². The lowest BCUT2D eigenvalue weighted by molar-refractivity contribution is -0.127. The molecular formula is C18H21N3O. The van der Waals surface area contributed by atoms with Crippen LogP contribution in [0.2, 0.25) is 0 Å². The van der Waals surface area contributed by atoms with Crippen molar-refractivity contribution in [3.63, 3.8) is 0 Å². The van der Waals surface area contributed by atoms with Crippen molar-refractivity contribution in [2.24, 2.45) is 5.92 Å². The largest absolute Gasteiger partial charge is 0.370 e. The molecule has 4 heteroatoms. The molecule has 3 rings (SSSR count). The normalized spacial score (nSPS) is 21.2. The molecule has 0 unspecified atom stereocenters. The lowest BCUT2D eigenvalue weighted by Crippen LogP contribution is -2.26. The molecule has 1 amide bonds. The predicted octanol–water partition coefficient (Wildman–Crippen LogP) is 3.02. The molecule has 0 aliphatic carbocycles. The quantitative estimate of drug-likeness (QED) is 0.943. The minimum Gasteiger partial charge on any atom is -0.370 e. The average Bonchev–Trinajstić information content (AvgIpc) is 2.81. The van der Waals surface area contributed by atoms with Crippen molar-refractivity contribution in [2.75, 3.05) is 18.9 Å². The Morgan fingerprint density at radius 1 is 1.18 bits per heavy atom. The van der Waals surface area contributed by atoms with Gasteiger partial charge in [-0.3, -0.25) is 4.79 Å². The summed E-state index contributed by atoms with van der Waals surface area (Å²) in [7, 11) is 1.89. The van der Waals surface area contributed by atoms with E-state index >= 15 is 0 Å². The highest BCUT2D eigenvalue weighted by Gasteiger charge is 2.38. The van der Waals surface area contributed by atoms with Gasteiger partial charge in [-0.15, -0.1) is 0 Å². The van der Waals surface area contributed by atoms with Gasteiger partial charge in [0.25, 0.3) is 0 Å². The van der Waals surface area contributed by atoms with Gasteiger partial charge in [0.15, 0.2) is 0 Å². The molecule has 1 fully saturated rings. The van der Waals surface area contributed by atoms with E-state index in [-0.39, 0.29) is 17.9 Å². The molecule has 1 N–H and O–H groups in total. The van der Waals surface area contributed by atoms with Gasteiger partial charge >= 0.3 is 0 Å². The first-order valence-corrected chi connectivity index (χ1v) is 7.63. The molecule has 1 aliphatic rings. The molecule has 1 aromatic carbocycles. The Morgan fingerprint density at radius 3 is 2.68 bits per heavy atom. The van der Waals surface area contributed by atoms with Crippen LogP contribution in [0.15, 0.2) is 48.5 Å². The molecule has 2 heterocycles. The van der Waals surface area contributed by atoms with E-state index < -0.39 is 0 Å². The second-order valence-electron chi connectivity index (χ2n) is 5.87. The smallest absolute Gasteiger partial charge is 0.223 e. The van der Waals surface area contributed by atoms with E-state index in [1.54, 1.807) is 0 Å². The number of hydrogen-bond acceptors (Lipinski definition) is 3. The summed E-state index contributed by atoms with van der Waals surface area (Å²) in [6, 6.07) is 16.3. The Kier molecular flexibility index (Phi) is 4.09. The van der Waals surface area contributed by atoms with Crippen molar-refractivity contribution >= 4 is 11.7 Å². The summed E-state index contributed by atoms with van der Waals surface area (Å²) in [5.74, 6) is 1.33. The van der Waals surface area contributed by atoms with Crippen molar-refractivity contribution < 1.29 is 4.79 Å². The van der Waals surface area contributed by atoms with Crippen LogP contribution in [0.4, 0.5) is 5.82 Å². The highest BCUT2D eigenvalue weighted by Crippen LogP contribution is 2.36. The number of benzene rings is 1. The molecule has 1 aliphatic heterocycles. The second kappa shape index (κ2) is 6.18. The highest BCUT2D eigenvalue weighted by molar-refractivity contribution is 5.79. The first kappa shape index (κ1) is 14.6. The van der Waals surface area contributed by atoms with Crippen molar-refractivity contribution in [1.29, 1.82) is 0 Å². The molecule has 0 radical (unpaired) electrons. The number of aryl methyl sites for hydroxylation is 1. The third kappa shape index (κ3) is 2.96. The molecule has 0 saturated carbocycles. The standard InChI is InChI=1S/C18H21N3O/c1-13-7-6-10-16(20-13)19-12-15-11-17(22)21(2)18(15)14-8-4-3-5-9-14/h3-10,15,18H,11-12H2,1-2H3,(H,19,20)/t15-,18-/m1/s1. The maximum atomic E-state index is 12.1. The summed E-state index contributed by atoms with van der Waals surface area (Å²) < 4.78 is 0. The fraction of sp³-hybridized carbons (Fsp3) is 0.333. The molecule has 1 aromatic heterocycles. The number of hydrogen-bond donors (Lipinski definition) is 1. The average molecular weight is 295 g/mol. The Hall–Kier alpha value is -2.36. The molecule has 2 atom stereocenters. The van der Waals surface area contributed by atoms with Crippen LogP contribution >= 0.6 is 0 Å². The van der Waals surface area contributed by atoms with Gasteiger partial charge in [0.2, 0.25) is 5.91 Å². The maximum Gasteiger partial charge on any atom is 0.223 e. The number of anilines is 1. The fourth-order valence-corrected chi connectivity index (χ4v) is 3.16. The van der Waals surface area contributed by atoms with Gasteiger partial charge in [0, 0.05) is 31.6 Å². The third-order valence-corrected chi connectivity index (χ3v) is 4.27. The number of carbonyl (C=O) groups is 1. The summed E-state index contributed by atoms with van der Waals surface area (Å²) >= 11 is 0. The number of pyridine rings is 1. The Bertz CT molecular complexity index is 656. The van der Waals surface area contributed by atoms with E-state index in [2.05, 4.69) is 22.4 Å². The summed E-state index contributed by atoms with van der Waals surface area (Å²) in [5, 5.41) is 3.38. The lowest BCUT2D eigenvalue weighted by atomic mass is 9.93. The minimum atomic E-state index is 0.131. The van der Waals surface area contributed by atoms with Crippen LogP contribution in [0, 0.1) is 12.8 Å². The van der Waals surface area contributed by atoms with Crippen LogP contribution in [-0.2, 0) is 4.79 Å². The monoisotopic (exact) mass is 295 g/mol. The van der Waals surface area contributed by atoms with E-state index in [0.717, 1.165) is 18.1 Å². The SMILES string of the molecule is Cc1cccc(NC[C@H]2CC(=O)N(C)[C@@H]2c2ccccc2)n1.